The van der Waals surface area contributed by atoms with E-state index in [1.807, 2.05) is 24.1 Å². The molecule has 0 saturated carbocycles. The van der Waals surface area contributed by atoms with E-state index >= 15 is 0 Å². The van der Waals surface area contributed by atoms with Crippen LogP contribution < -0.4 is 0 Å². The molecule has 0 bridgehead atoms. The molecule has 0 N–H and O–H groups in total. The Labute approximate surface area is 159 Å². The van der Waals surface area contributed by atoms with Crippen LogP contribution in [-0.4, -0.2) is 38.8 Å². The van der Waals surface area contributed by atoms with Crippen LogP contribution >= 0.6 is 0 Å². The highest BCUT2D eigenvalue weighted by molar-refractivity contribution is 5.92. The van der Waals surface area contributed by atoms with Crippen molar-refractivity contribution in [3.05, 3.63) is 65.9 Å². The zero-order valence-electron chi connectivity index (χ0n) is 15.6. The van der Waals surface area contributed by atoms with Gasteiger partial charge in [-0.3, -0.25) is 14.8 Å². The standard InChI is InChI=1S/C22H24N4O/c1-16-14-25-21(15-24-16)22(27)26-10-3-4-17(8-11-26)12-18-6-7-20-19(13-18)5-2-9-23-20/h2,5-7,9,13-15,17H,3-4,8,10-12H2,1H3. The van der Waals surface area contributed by atoms with E-state index in [4.69, 9.17) is 0 Å². The molecule has 1 atom stereocenters. The van der Waals surface area contributed by atoms with Crippen molar-refractivity contribution >= 4 is 16.8 Å². The second kappa shape index (κ2) is 7.82. The van der Waals surface area contributed by atoms with Gasteiger partial charge in [0.1, 0.15) is 5.69 Å². The molecule has 5 nitrogen and oxygen atoms in total. The van der Waals surface area contributed by atoms with Gasteiger partial charge in [0.25, 0.3) is 5.91 Å². The molecule has 3 aromatic rings. The topological polar surface area (TPSA) is 59.0 Å². The maximum atomic E-state index is 12.7. The van der Waals surface area contributed by atoms with Gasteiger partial charge in [-0.25, -0.2) is 4.98 Å². The molecule has 4 rings (SSSR count). The lowest BCUT2D eigenvalue weighted by molar-refractivity contribution is 0.0753. The molecule has 0 radical (unpaired) electrons. The summed E-state index contributed by atoms with van der Waals surface area (Å²) >= 11 is 0. The van der Waals surface area contributed by atoms with Crippen molar-refractivity contribution in [3.63, 3.8) is 0 Å². The average molecular weight is 360 g/mol. The van der Waals surface area contributed by atoms with Crippen molar-refractivity contribution in [2.45, 2.75) is 32.6 Å². The summed E-state index contributed by atoms with van der Waals surface area (Å²) in [6.07, 6.45) is 9.33. The highest BCUT2D eigenvalue weighted by Crippen LogP contribution is 2.24. The molecular weight excluding hydrogens is 336 g/mol. The second-order valence-electron chi connectivity index (χ2n) is 7.37. The van der Waals surface area contributed by atoms with E-state index in [0.29, 0.717) is 11.6 Å². The summed E-state index contributed by atoms with van der Waals surface area (Å²) in [5, 5.41) is 1.19. The molecule has 5 heteroatoms. The summed E-state index contributed by atoms with van der Waals surface area (Å²) in [5.41, 5.74) is 3.66. The molecule has 1 unspecified atom stereocenters. The molecule has 1 saturated heterocycles. The third-order valence-electron chi connectivity index (χ3n) is 5.33. The quantitative estimate of drug-likeness (QED) is 0.712. The highest BCUT2D eigenvalue weighted by Gasteiger charge is 2.22. The van der Waals surface area contributed by atoms with Crippen LogP contribution in [0.1, 0.15) is 41.0 Å². The summed E-state index contributed by atoms with van der Waals surface area (Å²) in [5.74, 6) is 0.598. The van der Waals surface area contributed by atoms with Crippen molar-refractivity contribution in [1.82, 2.24) is 19.9 Å². The number of benzene rings is 1. The van der Waals surface area contributed by atoms with Crippen LogP contribution in [0.5, 0.6) is 0 Å². The van der Waals surface area contributed by atoms with Gasteiger partial charge in [0.15, 0.2) is 0 Å². The maximum Gasteiger partial charge on any atom is 0.274 e. The van der Waals surface area contributed by atoms with E-state index < -0.39 is 0 Å². The third-order valence-corrected chi connectivity index (χ3v) is 5.33. The number of aromatic nitrogens is 3. The number of hydrogen-bond donors (Lipinski definition) is 0. The summed E-state index contributed by atoms with van der Waals surface area (Å²) in [6, 6.07) is 10.6. The Hall–Kier alpha value is -2.82. The van der Waals surface area contributed by atoms with E-state index in [0.717, 1.165) is 50.0 Å². The lowest BCUT2D eigenvalue weighted by Crippen LogP contribution is -2.32. The summed E-state index contributed by atoms with van der Waals surface area (Å²) < 4.78 is 0. The highest BCUT2D eigenvalue weighted by atomic mass is 16.2. The summed E-state index contributed by atoms with van der Waals surface area (Å²) in [7, 11) is 0. The van der Waals surface area contributed by atoms with Gasteiger partial charge in [0.2, 0.25) is 0 Å². The van der Waals surface area contributed by atoms with Gasteiger partial charge in [-0.15, -0.1) is 0 Å². The molecule has 1 aliphatic rings. The Kier molecular flexibility index (Phi) is 5.10. The number of amides is 1. The van der Waals surface area contributed by atoms with Gasteiger partial charge < -0.3 is 4.90 Å². The SMILES string of the molecule is Cc1cnc(C(=O)N2CCCC(Cc3ccc4ncccc4c3)CC2)cn1. The van der Waals surface area contributed by atoms with Crippen molar-refractivity contribution in [2.75, 3.05) is 13.1 Å². The van der Waals surface area contributed by atoms with Crippen LogP contribution in [0.2, 0.25) is 0 Å². The molecule has 3 heterocycles. The minimum atomic E-state index is -0.0000653. The Balaban J connectivity index is 1.40. The Morgan fingerprint density at radius 1 is 1.11 bits per heavy atom. The van der Waals surface area contributed by atoms with Gasteiger partial charge in [-0.2, -0.15) is 0 Å². The Morgan fingerprint density at radius 2 is 2.04 bits per heavy atom. The van der Waals surface area contributed by atoms with Crippen LogP contribution in [0.25, 0.3) is 10.9 Å². The first-order valence-electron chi connectivity index (χ1n) is 9.60. The van der Waals surface area contributed by atoms with E-state index in [-0.39, 0.29) is 5.91 Å². The molecule has 1 aromatic carbocycles. The van der Waals surface area contributed by atoms with Gasteiger partial charge in [-0.1, -0.05) is 12.1 Å². The van der Waals surface area contributed by atoms with Crippen LogP contribution in [0.15, 0.2) is 48.9 Å². The first kappa shape index (κ1) is 17.6. The minimum absolute atomic E-state index is 0.0000653. The van der Waals surface area contributed by atoms with Gasteiger partial charge in [0, 0.05) is 30.9 Å². The van der Waals surface area contributed by atoms with Crippen LogP contribution in [-0.2, 0) is 6.42 Å². The number of likely N-dealkylation sites (tertiary alicyclic amines) is 1. The number of pyridine rings is 1. The lowest BCUT2D eigenvalue weighted by atomic mass is 9.92. The van der Waals surface area contributed by atoms with Crippen molar-refractivity contribution in [3.8, 4) is 0 Å². The van der Waals surface area contributed by atoms with E-state index in [1.54, 1.807) is 12.4 Å². The van der Waals surface area contributed by atoms with Gasteiger partial charge in [0.05, 0.1) is 17.4 Å². The monoisotopic (exact) mass is 360 g/mol. The molecular formula is C22H24N4O. The molecule has 0 spiro atoms. The van der Waals surface area contributed by atoms with Crippen LogP contribution in [0.3, 0.4) is 0 Å². The first-order valence-corrected chi connectivity index (χ1v) is 9.60. The van der Waals surface area contributed by atoms with E-state index in [9.17, 15) is 4.79 Å². The number of hydrogen-bond acceptors (Lipinski definition) is 4. The van der Waals surface area contributed by atoms with E-state index in [1.165, 1.54) is 10.9 Å². The number of fused-ring (bicyclic) bond motifs is 1. The minimum Gasteiger partial charge on any atom is -0.337 e. The summed E-state index contributed by atoms with van der Waals surface area (Å²) in [4.78, 5) is 27.5. The van der Waals surface area contributed by atoms with Crippen molar-refractivity contribution in [1.29, 1.82) is 0 Å². The number of carbonyl (C=O) groups excluding carboxylic acids is 1. The van der Waals surface area contributed by atoms with Crippen LogP contribution in [0, 0.1) is 12.8 Å². The Bertz CT molecular complexity index is 938. The van der Waals surface area contributed by atoms with Crippen molar-refractivity contribution in [2.24, 2.45) is 5.92 Å². The molecule has 1 fully saturated rings. The van der Waals surface area contributed by atoms with Gasteiger partial charge in [-0.05, 0) is 62.3 Å². The fraction of sp³-hybridized carbons (Fsp3) is 0.364. The fourth-order valence-corrected chi connectivity index (χ4v) is 3.82. The second-order valence-corrected chi connectivity index (χ2v) is 7.37. The molecule has 27 heavy (non-hydrogen) atoms. The molecule has 1 aliphatic heterocycles. The number of rotatable bonds is 3. The summed E-state index contributed by atoms with van der Waals surface area (Å²) in [6.45, 7) is 3.46. The number of carbonyl (C=O) groups is 1. The molecule has 1 amide bonds. The predicted molar refractivity (Wildman–Crippen MR) is 105 cm³/mol. The van der Waals surface area contributed by atoms with Crippen LogP contribution in [0.4, 0.5) is 0 Å². The first-order chi connectivity index (χ1) is 13.2. The largest absolute Gasteiger partial charge is 0.337 e. The lowest BCUT2D eigenvalue weighted by Gasteiger charge is -2.20. The zero-order chi connectivity index (χ0) is 18.6. The molecule has 0 aliphatic carbocycles. The average Bonchev–Trinajstić information content (AvgIpc) is 2.93. The maximum absolute atomic E-state index is 12.7. The third kappa shape index (κ3) is 4.13. The molecule has 138 valence electrons. The van der Waals surface area contributed by atoms with Gasteiger partial charge >= 0.3 is 0 Å². The smallest absolute Gasteiger partial charge is 0.274 e. The normalized spacial score (nSPS) is 17.7. The van der Waals surface area contributed by atoms with Crippen molar-refractivity contribution < 1.29 is 4.79 Å². The number of aryl methyl sites for hydroxylation is 1. The number of nitrogens with zero attached hydrogens (tertiary/aromatic N) is 4. The van der Waals surface area contributed by atoms with E-state index in [2.05, 4.69) is 39.2 Å². The fourth-order valence-electron chi connectivity index (χ4n) is 3.82. The Morgan fingerprint density at radius 3 is 2.89 bits per heavy atom. The predicted octanol–water partition coefficient (Wildman–Crippen LogP) is 3.82. The molecule has 2 aromatic heterocycles. The zero-order valence-corrected chi connectivity index (χ0v) is 15.6.